The largest absolute Gasteiger partial charge is 0.337 e. The van der Waals surface area contributed by atoms with Gasteiger partial charge in [0.25, 0.3) is 0 Å². The molecule has 0 aromatic heterocycles. The molecule has 2 heterocycles. The van der Waals surface area contributed by atoms with Crippen LogP contribution in [-0.4, -0.2) is 76.6 Å². The maximum atomic E-state index is 13.5. The number of nitrogens with zero attached hydrogens (tertiary/aromatic N) is 4. The highest BCUT2D eigenvalue weighted by Crippen LogP contribution is 2.30. The lowest BCUT2D eigenvalue weighted by Crippen LogP contribution is -2.76. The van der Waals surface area contributed by atoms with E-state index in [1.54, 1.807) is 22.0 Å². The van der Waals surface area contributed by atoms with Crippen LogP contribution in [0.25, 0.3) is 0 Å². The monoisotopic (exact) mass is 471 g/mol. The van der Waals surface area contributed by atoms with Crippen LogP contribution in [0.4, 0.5) is 4.79 Å². The van der Waals surface area contributed by atoms with Gasteiger partial charge in [-0.2, -0.15) is 0 Å². The van der Waals surface area contributed by atoms with Gasteiger partial charge in [-0.25, -0.2) is 14.8 Å². The molecule has 1 aromatic carbocycles. The number of fused-ring (bicyclic) bond motifs is 1. The van der Waals surface area contributed by atoms with Gasteiger partial charge < -0.3 is 15.1 Å². The number of benzene rings is 1. The third-order valence-corrected chi connectivity index (χ3v) is 7.08. The summed E-state index contributed by atoms with van der Waals surface area (Å²) in [5, 5.41) is 6.32. The molecule has 1 unspecified atom stereocenters. The van der Waals surface area contributed by atoms with E-state index in [1.807, 2.05) is 49.1 Å². The summed E-state index contributed by atoms with van der Waals surface area (Å²) < 4.78 is 0. The van der Waals surface area contributed by atoms with Crippen molar-refractivity contribution in [3.05, 3.63) is 35.9 Å². The highest BCUT2D eigenvalue weighted by molar-refractivity contribution is 5.91. The fraction of sp³-hybridized carbons (Fsp3) is 0.654. The van der Waals surface area contributed by atoms with Crippen molar-refractivity contribution in [2.24, 2.45) is 5.92 Å². The Morgan fingerprint density at radius 2 is 1.79 bits per heavy atom. The van der Waals surface area contributed by atoms with Crippen molar-refractivity contribution in [1.29, 1.82) is 0 Å². The Hall–Kier alpha value is -2.61. The number of hydrazine groups is 1. The summed E-state index contributed by atoms with van der Waals surface area (Å²) in [6.07, 6.45) is 5.85. The van der Waals surface area contributed by atoms with Crippen LogP contribution in [0.1, 0.15) is 64.9 Å². The van der Waals surface area contributed by atoms with Gasteiger partial charge in [0.1, 0.15) is 12.2 Å². The topological polar surface area (TPSA) is 76.2 Å². The molecule has 2 aliphatic rings. The fourth-order valence-corrected chi connectivity index (χ4v) is 4.96. The fourth-order valence-electron chi connectivity index (χ4n) is 4.96. The molecule has 8 nitrogen and oxygen atoms in total. The molecule has 2 fully saturated rings. The Morgan fingerprint density at radius 3 is 2.47 bits per heavy atom. The van der Waals surface area contributed by atoms with Crippen molar-refractivity contribution < 1.29 is 14.4 Å². The van der Waals surface area contributed by atoms with Crippen LogP contribution in [0.3, 0.4) is 0 Å². The predicted octanol–water partition coefficient (Wildman–Crippen LogP) is 3.44. The van der Waals surface area contributed by atoms with E-state index < -0.39 is 12.2 Å². The van der Waals surface area contributed by atoms with Crippen LogP contribution in [0.2, 0.25) is 0 Å². The van der Waals surface area contributed by atoms with E-state index in [0.29, 0.717) is 19.6 Å². The number of piperazine rings is 1. The molecule has 8 heteroatoms. The number of nitrogens with one attached hydrogen (secondary N) is 1. The van der Waals surface area contributed by atoms with Crippen LogP contribution in [0.5, 0.6) is 0 Å². The minimum absolute atomic E-state index is 0.0134. The zero-order chi connectivity index (χ0) is 24.7. The molecule has 0 bridgehead atoms. The van der Waals surface area contributed by atoms with Gasteiger partial charge in [-0.15, -0.1) is 0 Å². The molecule has 0 saturated carbocycles. The summed E-state index contributed by atoms with van der Waals surface area (Å²) in [5.41, 5.74) is 1.01. The van der Waals surface area contributed by atoms with Crippen LogP contribution >= 0.6 is 0 Å². The second-order valence-corrected chi connectivity index (χ2v) is 9.62. The van der Waals surface area contributed by atoms with Crippen LogP contribution in [0.15, 0.2) is 30.3 Å². The van der Waals surface area contributed by atoms with Gasteiger partial charge in [0.2, 0.25) is 11.8 Å². The first-order valence-electron chi connectivity index (χ1n) is 12.8. The summed E-state index contributed by atoms with van der Waals surface area (Å²) in [7, 11) is 1.76. The van der Waals surface area contributed by atoms with Crippen LogP contribution in [0, 0.1) is 5.92 Å². The van der Waals surface area contributed by atoms with Crippen molar-refractivity contribution in [2.75, 3.05) is 26.7 Å². The maximum Gasteiger partial charge on any atom is 0.334 e. The Balaban J connectivity index is 1.80. The Bertz CT molecular complexity index is 833. The molecule has 0 aliphatic carbocycles. The second-order valence-electron chi connectivity index (χ2n) is 9.62. The number of rotatable bonds is 10. The van der Waals surface area contributed by atoms with Crippen molar-refractivity contribution in [3.63, 3.8) is 0 Å². The molecule has 2 aliphatic heterocycles. The van der Waals surface area contributed by atoms with Gasteiger partial charge in [-0.05, 0) is 17.9 Å². The zero-order valence-electron chi connectivity index (χ0n) is 21.2. The lowest BCUT2D eigenvalue weighted by Gasteiger charge is -2.55. The quantitative estimate of drug-likeness (QED) is 0.531. The van der Waals surface area contributed by atoms with E-state index in [1.165, 1.54) is 12.8 Å². The average Bonchev–Trinajstić information content (AvgIpc) is 2.83. The minimum Gasteiger partial charge on any atom is -0.337 e. The van der Waals surface area contributed by atoms with Crippen LogP contribution in [-0.2, 0) is 16.1 Å². The first kappa shape index (κ1) is 26.0. The maximum absolute atomic E-state index is 13.5. The molecular formula is C26H41N5O3. The van der Waals surface area contributed by atoms with Crippen molar-refractivity contribution in [3.8, 4) is 0 Å². The molecular weight excluding hydrogens is 430 g/mol. The van der Waals surface area contributed by atoms with E-state index >= 15 is 0 Å². The van der Waals surface area contributed by atoms with Gasteiger partial charge in [0, 0.05) is 20.1 Å². The van der Waals surface area contributed by atoms with Crippen molar-refractivity contribution in [2.45, 2.75) is 78.0 Å². The minimum atomic E-state index is -0.537. The number of hydrogen-bond acceptors (Lipinski definition) is 4. The third-order valence-electron chi connectivity index (χ3n) is 7.08. The van der Waals surface area contributed by atoms with E-state index in [-0.39, 0.29) is 30.3 Å². The van der Waals surface area contributed by atoms with Crippen molar-refractivity contribution >= 4 is 17.8 Å². The van der Waals surface area contributed by atoms with E-state index in [2.05, 4.69) is 12.2 Å². The number of likely N-dealkylation sites (N-methyl/N-ethyl adjacent to an activating group) is 1. The lowest BCUT2D eigenvalue weighted by molar-refractivity contribution is -0.190. The Morgan fingerprint density at radius 1 is 1.09 bits per heavy atom. The Labute approximate surface area is 204 Å². The smallest absolute Gasteiger partial charge is 0.334 e. The molecule has 0 spiro atoms. The molecule has 0 radical (unpaired) electrons. The van der Waals surface area contributed by atoms with Gasteiger partial charge in [0.05, 0.1) is 13.1 Å². The van der Waals surface area contributed by atoms with E-state index in [4.69, 9.17) is 0 Å². The number of hydrogen-bond donors (Lipinski definition) is 1. The predicted molar refractivity (Wildman–Crippen MR) is 132 cm³/mol. The molecule has 1 aromatic rings. The molecule has 2 saturated heterocycles. The molecule has 3 atom stereocenters. The first-order valence-corrected chi connectivity index (χ1v) is 12.8. The van der Waals surface area contributed by atoms with Gasteiger partial charge >= 0.3 is 6.03 Å². The second kappa shape index (κ2) is 12.2. The molecule has 3 rings (SSSR count). The summed E-state index contributed by atoms with van der Waals surface area (Å²) in [5.74, 6) is -0.0658. The summed E-state index contributed by atoms with van der Waals surface area (Å²) in [4.78, 5) is 43.6. The molecule has 188 valence electrons. The first-order chi connectivity index (χ1) is 16.4. The van der Waals surface area contributed by atoms with Crippen LogP contribution < -0.4 is 5.32 Å². The number of carbonyl (C=O) groups excluding carboxylic acids is 3. The molecule has 4 amide bonds. The van der Waals surface area contributed by atoms with E-state index in [9.17, 15) is 14.4 Å². The molecule has 34 heavy (non-hydrogen) atoms. The Kier molecular flexibility index (Phi) is 9.33. The number of amides is 4. The highest BCUT2D eigenvalue weighted by Gasteiger charge is 2.51. The van der Waals surface area contributed by atoms with Gasteiger partial charge in [0.15, 0.2) is 0 Å². The normalized spacial score (nSPS) is 22.1. The SMILES string of the molecule is CCCCCCCN1C[C@H]2N(C(=O)CN(C)N2C(=O)NCc2ccccc2)[C@@H](C(C)CC)C1=O. The third kappa shape index (κ3) is 5.90. The zero-order valence-corrected chi connectivity index (χ0v) is 21.2. The lowest BCUT2D eigenvalue weighted by atomic mass is 9.92. The average molecular weight is 472 g/mol. The van der Waals surface area contributed by atoms with Gasteiger partial charge in [-0.3, -0.25) is 9.59 Å². The van der Waals surface area contributed by atoms with E-state index in [0.717, 1.165) is 31.2 Å². The highest BCUT2D eigenvalue weighted by atomic mass is 16.2. The summed E-state index contributed by atoms with van der Waals surface area (Å²) in [6.45, 7) is 7.74. The standard InChI is InChI=1S/C26H41N5O3/c1-5-7-8-9-13-16-29-18-22-30(24(25(29)33)20(3)6-2)23(32)19-28(4)31(22)26(34)27-17-21-14-11-10-12-15-21/h10-12,14-15,20,22,24H,5-9,13,16-19H2,1-4H3,(H,27,34)/t20?,22-,24-/m0/s1. The number of carbonyl (C=O) groups is 3. The van der Waals surface area contributed by atoms with Crippen molar-refractivity contribution in [1.82, 2.24) is 25.1 Å². The molecule has 1 N–H and O–H groups in total. The summed E-state index contributed by atoms with van der Waals surface area (Å²) >= 11 is 0. The number of unbranched alkanes of at least 4 members (excludes halogenated alkanes) is 4. The van der Waals surface area contributed by atoms with Gasteiger partial charge in [-0.1, -0.05) is 83.2 Å². The number of urea groups is 1. The summed E-state index contributed by atoms with van der Waals surface area (Å²) in [6, 6.07) is 8.97.